The molecule has 2 heteroatoms. The van der Waals surface area contributed by atoms with E-state index in [9.17, 15) is 4.79 Å². The average Bonchev–Trinajstić information content (AvgIpc) is 3.42. The van der Waals surface area contributed by atoms with Gasteiger partial charge in [-0.3, -0.25) is 4.79 Å². The molecule has 0 saturated carbocycles. The van der Waals surface area contributed by atoms with Crippen LogP contribution >= 0.6 is 0 Å². The Kier molecular flexibility index (Phi) is 5.15. The number of aryl methyl sites for hydroxylation is 1. The van der Waals surface area contributed by atoms with E-state index in [2.05, 4.69) is 91.9 Å². The van der Waals surface area contributed by atoms with E-state index in [1.54, 1.807) is 0 Å². The Hall–Kier alpha value is -3.91. The van der Waals surface area contributed by atoms with E-state index in [0.717, 1.165) is 48.2 Å². The number of benzene rings is 5. The van der Waals surface area contributed by atoms with Crippen molar-refractivity contribution < 1.29 is 4.79 Å². The van der Waals surface area contributed by atoms with Crippen molar-refractivity contribution in [2.24, 2.45) is 0 Å². The summed E-state index contributed by atoms with van der Waals surface area (Å²) >= 11 is 0. The van der Waals surface area contributed by atoms with E-state index in [4.69, 9.17) is 0 Å². The predicted octanol–water partition coefficient (Wildman–Crippen LogP) is 7.87. The lowest BCUT2D eigenvalue weighted by Gasteiger charge is -2.22. The summed E-state index contributed by atoms with van der Waals surface area (Å²) in [5, 5.41) is 4.86. The summed E-state index contributed by atoms with van der Waals surface area (Å²) in [5.41, 5.74) is 6.50. The second kappa shape index (κ2) is 8.46. The van der Waals surface area contributed by atoms with Crippen LogP contribution in [0.1, 0.15) is 28.8 Å². The van der Waals surface area contributed by atoms with E-state index >= 15 is 0 Å². The molecule has 0 N–H and O–H groups in total. The number of amides is 1. The molecule has 1 aliphatic rings. The molecule has 1 fully saturated rings. The van der Waals surface area contributed by atoms with Crippen LogP contribution in [0.3, 0.4) is 0 Å². The molecule has 0 aromatic heterocycles. The molecule has 34 heavy (non-hydrogen) atoms. The van der Waals surface area contributed by atoms with Crippen LogP contribution in [0.25, 0.3) is 43.8 Å². The summed E-state index contributed by atoms with van der Waals surface area (Å²) in [4.78, 5) is 15.7. The van der Waals surface area contributed by atoms with Crippen LogP contribution < -0.4 is 0 Å². The van der Waals surface area contributed by atoms with Gasteiger partial charge in [-0.2, -0.15) is 0 Å². The van der Waals surface area contributed by atoms with Crippen LogP contribution in [0.2, 0.25) is 0 Å². The highest BCUT2D eigenvalue weighted by Crippen LogP contribution is 2.43. The predicted molar refractivity (Wildman–Crippen MR) is 142 cm³/mol. The van der Waals surface area contributed by atoms with Gasteiger partial charge in [0.2, 0.25) is 0 Å². The number of nitrogens with zero attached hydrogens (tertiary/aromatic N) is 1. The first-order chi connectivity index (χ1) is 16.7. The Balaban J connectivity index is 1.69. The molecule has 166 valence electrons. The maximum atomic E-state index is 13.6. The number of likely N-dealkylation sites (tertiary alicyclic amines) is 1. The summed E-state index contributed by atoms with van der Waals surface area (Å²) in [6.07, 6.45) is 2.17. The van der Waals surface area contributed by atoms with Gasteiger partial charge < -0.3 is 4.90 Å². The lowest BCUT2D eigenvalue weighted by atomic mass is 9.84. The molecule has 2 nitrogen and oxygen atoms in total. The monoisotopic (exact) mass is 441 g/mol. The molecule has 1 saturated heterocycles. The molecule has 0 aliphatic carbocycles. The molecule has 6 rings (SSSR count). The summed E-state index contributed by atoms with van der Waals surface area (Å²) in [7, 11) is 0. The Morgan fingerprint density at radius 2 is 1.26 bits per heavy atom. The van der Waals surface area contributed by atoms with Crippen LogP contribution in [0, 0.1) is 6.92 Å². The van der Waals surface area contributed by atoms with Crippen molar-refractivity contribution in [2.75, 3.05) is 13.1 Å². The lowest BCUT2D eigenvalue weighted by molar-refractivity contribution is 0.0793. The molecule has 0 spiro atoms. The molecule has 1 amide bonds. The van der Waals surface area contributed by atoms with Gasteiger partial charge in [-0.15, -0.1) is 0 Å². The summed E-state index contributed by atoms with van der Waals surface area (Å²) < 4.78 is 0. The Morgan fingerprint density at radius 1 is 0.618 bits per heavy atom. The van der Waals surface area contributed by atoms with Gasteiger partial charge >= 0.3 is 0 Å². The van der Waals surface area contributed by atoms with Crippen molar-refractivity contribution in [3.05, 3.63) is 108 Å². The van der Waals surface area contributed by atoms with Crippen molar-refractivity contribution in [1.82, 2.24) is 4.90 Å². The van der Waals surface area contributed by atoms with Gasteiger partial charge in [-0.25, -0.2) is 0 Å². The Labute approximate surface area is 200 Å². The van der Waals surface area contributed by atoms with E-state index < -0.39 is 0 Å². The molecule has 0 atom stereocenters. The number of hydrogen-bond donors (Lipinski definition) is 0. The topological polar surface area (TPSA) is 20.3 Å². The molecule has 0 bridgehead atoms. The second-order valence-corrected chi connectivity index (χ2v) is 9.23. The van der Waals surface area contributed by atoms with Gasteiger partial charge in [0.05, 0.1) is 0 Å². The van der Waals surface area contributed by atoms with Crippen molar-refractivity contribution in [3.63, 3.8) is 0 Å². The van der Waals surface area contributed by atoms with E-state index in [1.165, 1.54) is 32.7 Å². The zero-order valence-corrected chi connectivity index (χ0v) is 19.4. The summed E-state index contributed by atoms with van der Waals surface area (Å²) in [5.74, 6) is 0.147. The third kappa shape index (κ3) is 3.38. The molecule has 5 aromatic rings. The smallest absolute Gasteiger partial charge is 0.254 e. The number of carbonyl (C=O) groups is 1. The first kappa shape index (κ1) is 20.7. The molecule has 0 radical (unpaired) electrons. The fourth-order valence-electron chi connectivity index (χ4n) is 5.51. The van der Waals surface area contributed by atoms with Gasteiger partial charge in [-0.1, -0.05) is 91.0 Å². The van der Waals surface area contributed by atoms with E-state index in [0.29, 0.717) is 0 Å². The zero-order valence-electron chi connectivity index (χ0n) is 19.4. The average molecular weight is 442 g/mol. The number of carbonyl (C=O) groups excluding carboxylic acids is 1. The second-order valence-electron chi connectivity index (χ2n) is 9.23. The van der Waals surface area contributed by atoms with Gasteiger partial charge in [0.25, 0.3) is 5.91 Å². The maximum absolute atomic E-state index is 13.6. The maximum Gasteiger partial charge on any atom is 0.254 e. The standard InChI is InChI=1S/C32H27NO/c1-22-10-8-17-29(32(34)33-20-6-7-21-33)30(22)28-19-18-24-12-3-5-15-26(24)31(28)27-16-9-13-23-11-2-4-14-25(23)27/h2-5,8-19H,6-7,20-21H2,1H3. The molecule has 1 aliphatic heterocycles. The van der Waals surface area contributed by atoms with Crippen molar-refractivity contribution in [3.8, 4) is 22.3 Å². The Morgan fingerprint density at radius 3 is 2.06 bits per heavy atom. The molecule has 0 unspecified atom stereocenters. The number of hydrogen-bond acceptors (Lipinski definition) is 1. The molecule has 1 heterocycles. The fourth-order valence-corrected chi connectivity index (χ4v) is 5.51. The quantitative estimate of drug-likeness (QED) is 0.279. The molecule has 5 aromatic carbocycles. The van der Waals surface area contributed by atoms with Gasteiger partial charge in [0.1, 0.15) is 0 Å². The fraction of sp³-hybridized carbons (Fsp3) is 0.156. The number of rotatable bonds is 3. The first-order valence-corrected chi connectivity index (χ1v) is 12.1. The third-order valence-electron chi connectivity index (χ3n) is 7.15. The van der Waals surface area contributed by atoms with Crippen molar-refractivity contribution >= 4 is 27.5 Å². The van der Waals surface area contributed by atoms with Gasteiger partial charge in [0, 0.05) is 18.7 Å². The minimum Gasteiger partial charge on any atom is -0.339 e. The largest absolute Gasteiger partial charge is 0.339 e. The minimum atomic E-state index is 0.147. The van der Waals surface area contributed by atoms with E-state index in [-0.39, 0.29) is 5.91 Å². The van der Waals surface area contributed by atoms with Crippen molar-refractivity contribution in [2.45, 2.75) is 19.8 Å². The first-order valence-electron chi connectivity index (χ1n) is 12.1. The highest BCUT2D eigenvalue weighted by atomic mass is 16.2. The molecular weight excluding hydrogens is 414 g/mol. The molecular formula is C32H27NO. The highest BCUT2D eigenvalue weighted by molar-refractivity contribution is 6.13. The Bertz CT molecular complexity index is 1540. The van der Waals surface area contributed by atoms with E-state index in [1.807, 2.05) is 17.0 Å². The summed E-state index contributed by atoms with van der Waals surface area (Å²) in [6, 6.07) is 34.2. The normalized spacial score (nSPS) is 13.6. The SMILES string of the molecule is Cc1cccc(C(=O)N2CCCC2)c1-c1ccc2ccccc2c1-c1cccc2ccccc12. The summed E-state index contributed by atoms with van der Waals surface area (Å²) in [6.45, 7) is 3.82. The lowest BCUT2D eigenvalue weighted by Crippen LogP contribution is -2.28. The third-order valence-corrected chi connectivity index (χ3v) is 7.15. The van der Waals surface area contributed by atoms with Gasteiger partial charge in [0.15, 0.2) is 0 Å². The minimum absolute atomic E-state index is 0.147. The van der Waals surface area contributed by atoms with Crippen LogP contribution in [0.4, 0.5) is 0 Å². The zero-order chi connectivity index (χ0) is 23.1. The highest BCUT2D eigenvalue weighted by Gasteiger charge is 2.25. The van der Waals surface area contributed by atoms with Crippen LogP contribution in [-0.2, 0) is 0 Å². The number of fused-ring (bicyclic) bond motifs is 2. The van der Waals surface area contributed by atoms with Crippen LogP contribution in [0.15, 0.2) is 97.1 Å². The van der Waals surface area contributed by atoms with Gasteiger partial charge in [-0.05, 0) is 75.2 Å². The van der Waals surface area contributed by atoms with Crippen LogP contribution in [-0.4, -0.2) is 23.9 Å². The van der Waals surface area contributed by atoms with Crippen LogP contribution in [0.5, 0.6) is 0 Å². The van der Waals surface area contributed by atoms with Crippen molar-refractivity contribution in [1.29, 1.82) is 0 Å².